The summed E-state index contributed by atoms with van der Waals surface area (Å²) < 4.78 is 5.18. The fraction of sp³-hybridized carbons (Fsp3) is 0.600. The van der Waals surface area contributed by atoms with Gasteiger partial charge in [-0.3, -0.25) is 9.59 Å². The summed E-state index contributed by atoms with van der Waals surface area (Å²) in [5, 5.41) is 11.7. The van der Waals surface area contributed by atoms with Crippen molar-refractivity contribution in [1.29, 1.82) is 0 Å². The molecule has 1 aromatic rings. The number of carbonyl (C=O) groups excluding carboxylic acids is 1. The van der Waals surface area contributed by atoms with E-state index in [0.717, 1.165) is 12.8 Å². The Kier molecular flexibility index (Phi) is 4.82. The van der Waals surface area contributed by atoms with Gasteiger partial charge in [0.15, 0.2) is 0 Å². The molecule has 1 heterocycles. The molecule has 0 aliphatic heterocycles. The molecule has 2 N–H and O–H groups in total. The van der Waals surface area contributed by atoms with Crippen LogP contribution in [0.3, 0.4) is 0 Å². The Hall–Kier alpha value is -1.78. The average molecular weight is 279 g/mol. The molecule has 0 saturated heterocycles. The van der Waals surface area contributed by atoms with Crippen molar-refractivity contribution in [3.05, 3.63) is 23.2 Å². The predicted molar refractivity (Wildman–Crippen MR) is 73.7 cm³/mol. The lowest BCUT2D eigenvalue weighted by Gasteiger charge is -2.21. The molecule has 1 saturated carbocycles. The van der Waals surface area contributed by atoms with Crippen LogP contribution in [0.4, 0.5) is 0 Å². The van der Waals surface area contributed by atoms with E-state index in [0.29, 0.717) is 23.6 Å². The van der Waals surface area contributed by atoms with Gasteiger partial charge in [-0.15, -0.1) is 0 Å². The Morgan fingerprint density at radius 2 is 2.05 bits per heavy atom. The first kappa shape index (κ1) is 14.6. The number of carboxylic acid groups (broad SMARTS) is 1. The monoisotopic (exact) mass is 279 g/mol. The number of hydrogen-bond acceptors (Lipinski definition) is 3. The standard InChI is InChI=1S/C15H21NO4/c1-10-9-20-12(7-13(17)18)14(10)15(19)16-8-11-5-3-2-4-6-11/h9,11H,2-8H2,1H3,(H,16,19)(H,17,18). The van der Waals surface area contributed by atoms with E-state index in [4.69, 9.17) is 9.52 Å². The third-order valence-electron chi connectivity index (χ3n) is 3.87. The predicted octanol–water partition coefficient (Wildman–Crippen LogP) is 2.53. The number of rotatable bonds is 5. The van der Waals surface area contributed by atoms with Crippen molar-refractivity contribution >= 4 is 11.9 Å². The summed E-state index contributed by atoms with van der Waals surface area (Å²) in [5.41, 5.74) is 1.06. The van der Waals surface area contributed by atoms with Crippen molar-refractivity contribution in [2.24, 2.45) is 5.92 Å². The van der Waals surface area contributed by atoms with Crippen molar-refractivity contribution in [3.8, 4) is 0 Å². The minimum absolute atomic E-state index is 0.224. The first-order valence-electron chi connectivity index (χ1n) is 7.15. The third kappa shape index (κ3) is 3.62. The molecule has 110 valence electrons. The van der Waals surface area contributed by atoms with Crippen molar-refractivity contribution < 1.29 is 19.1 Å². The van der Waals surface area contributed by atoms with Crippen LogP contribution in [0.25, 0.3) is 0 Å². The second-order valence-electron chi connectivity index (χ2n) is 5.50. The van der Waals surface area contributed by atoms with Gasteiger partial charge >= 0.3 is 5.97 Å². The molecule has 0 radical (unpaired) electrons. The topological polar surface area (TPSA) is 79.5 Å². The third-order valence-corrected chi connectivity index (χ3v) is 3.87. The Labute approximate surface area is 118 Å². The van der Waals surface area contributed by atoms with Gasteiger partial charge in [0.1, 0.15) is 12.2 Å². The SMILES string of the molecule is Cc1coc(CC(=O)O)c1C(=O)NCC1CCCCC1. The van der Waals surface area contributed by atoms with E-state index in [1.165, 1.54) is 25.5 Å². The first-order chi connectivity index (χ1) is 9.58. The minimum Gasteiger partial charge on any atom is -0.481 e. The number of amides is 1. The summed E-state index contributed by atoms with van der Waals surface area (Å²) in [4.78, 5) is 23.0. The molecule has 0 unspecified atom stereocenters. The maximum Gasteiger partial charge on any atom is 0.311 e. The van der Waals surface area contributed by atoms with Gasteiger partial charge in [-0.2, -0.15) is 0 Å². The lowest BCUT2D eigenvalue weighted by atomic mass is 9.89. The zero-order chi connectivity index (χ0) is 14.5. The molecule has 1 amide bonds. The number of aliphatic carboxylic acids is 1. The lowest BCUT2D eigenvalue weighted by molar-refractivity contribution is -0.136. The van der Waals surface area contributed by atoms with Crippen LogP contribution in [-0.4, -0.2) is 23.5 Å². The van der Waals surface area contributed by atoms with Crippen LogP contribution in [0.2, 0.25) is 0 Å². The highest BCUT2D eigenvalue weighted by Crippen LogP contribution is 2.23. The van der Waals surface area contributed by atoms with E-state index in [1.807, 2.05) is 0 Å². The lowest BCUT2D eigenvalue weighted by Crippen LogP contribution is -2.31. The Morgan fingerprint density at radius 3 is 2.70 bits per heavy atom. The molecule has 1 fully saturated rings. The summed E-state index contributed by atoms with van der Waals surface area (Å²) in [7, 11) is 0. The highest BCUT2D eigenvalue weighted by atomic mass is 16.4. The largest absolute Gasteiger partial charge is 0.481 e. The molecule has 0 bridgehead atoms. The van der Waals surface area contributed by atoms with E-state index in [2.05, 4.69) is 5.32 Å². The van der Waals surface area contributed by atoms with E-state index in [1.54, 1.807) is 6.92 Å². The molecule has 1 aliphatic rings. The van der Waals surface area contributed by atoms with Crippen LogP contribution in [-0.2, 0) is 11.2 Å². The van der Waals surface area contributed by atoms with Gasteiger partial charge in [-0.25, -0.2) is 0 Å². The molecule has 1 aliphatic carbocycles. The number of hydrogen-bond donors (Lipinski definition) is 2. The number of carbonyl (C=O) groups is 2. The minimum atomic E-state index is -0.999. The van der Waals surface area contributed by atoms with Crippen LogP contribution in [0.15, 0.2) is 10.7 Å². The summed E-state index contributed by atoms with van der Waals surface area (Å²) in [6.07, 6.45) is 7.24. The molecule has 0 spiro atoms. The Morgan fingerprint density at radius 1 is 1.35 bits per heavy atom. The molecule has 2 rings (SSSR count). The van der Waals surface area contributed by atoms with Gasteiger partial charge in [-0.05, 0) is 25.7 Å². The fourth-order valence-electron chi connectivity index (χ4n) is 2.79. The van der Waals surface area contributed by atoms with E-state index in [9.17, 15) is 9.59 Å². The fourth-order valence-corrected chi connectivity index (χ4v) is 2.79. The summed E-state index contributed by atoms with van der Waals surface area (Å²) in [5.74, 6) is -0.447. The molecule has 5 nitrogen and oxygen atoms in total. The van der Waals surface area contributed by atoms with Crippen molar-refractivity contribution in [1.82, 2.24) is 5.32 Å². The second kappa shape index (κ2) is 6.59. The second-order valence-corrected chi connectivity index (χ2v) is 5.50. The molecule has 1 aromatic heterocycles. The van der Waals surface area contributed by atoms with Crippen LogP contribution >= 0.6 is 0 Å². The average Bonchev–Trinajstić information content (AvgIpc) is 2.77. The normalized spacial score (nSPS) is 16.1. The quantitative estimate of drug-likeness (QED) is 0.868. The maximum atomic E-state index is 12.2. The zero-order valence-electron chi connectivity index (χ0n) is 11.8. The number of aryl methyl sites for hydroxylation is 1. The van der Waals surface area contributed by atoms with Gasteiger partial charge in [-0.1, -0.05) is 19.3 Å². The smallest absolute Gasteiger partial charge is 0.311 e. The van der Waals surface area contributed by atoms with Crippen LogP contribution < -0.4 is 5.32 Å². The molecule has 0 aromatic carbocycles. The van der Waals surface area contributed by atoms with Crippen LogP contribution in [0.1, 0.15) is 53.8 Å². The number of furan rings is 1. The molecular weight excluding hydrogens is 258 g/mol. The Bertz CT molecular complexity index is 486. The number of nitrogens with one attached hydrogen (secondary N) is 1. The van der Waals surface area contributed by atoms with E-state index >= 15 is 0 Å². The first-order valence-corrected chi connectivity index (χ1v) is 7.15. The highest BCUT2D eigenvalue weighted by Gasteiger charge is 2.21. The summed E-state index contributed by atoms with van der Waals surface area (Å²) >= 11 is 0. The highest BCUT2D eigenvalue weighted by molar-refractivity contribution is 5.97. The Balaban J connectivity index is 1.97. The van der Waals surface area contributed by atoms with Gasteiger partial charge in [0, 0.05) is 12.1 Å². The van der Waals surface area contributed by atoms with Crippen LogP contribution in [0, 0.1) is 12.8 Å². The van der Waals surface area contributed by atoms with Gasteiger partial charge in [0.05, 0.1) is 11.8 Å². The zero-order valence-corrected chi connectivity index (χ0v) is 11.8. The van der Waals surface area contributed by atoms with Crippen molar-refractivity contribution in [2.75, 3.05) is 6.54 Å². The van der Waals surface area contributed by atoms with E-state index in [-0.39, 0.29) is 18.1 Å². The van der Waals surface area contributed by atoms with Gasteiger partial charge in [0.25, 0.3) is 5.91 Å². The molecule has 20 heavy (non-hydrogen) atoms. The summed E-state index contributed by atoms with van der Waals surface area (Å²) in [6, 6.07) is 0. The molecular formula is C15H21NO4. The molecule has 5 heteroatoms. The van der Waals surface area contributed by atoms with Gasteiger partial charge in [0.2, 0.25) is 0 Å². The van der Waals surface area contributed by atoms with Crippen molar-refractivity contribution in [2.45, 2.75) is 45.4 Å². The van der Waals surface area contributed by atoms with Gasteiger partial charge < -0.3 is 14.8 Å². The van der Waals surface area contributed by atoms with Crippen molar-refractivity contribution in [3.63, 3.8) is 0 Å². The van der Waals surface area contributed by atoms with Crippen LogP contribution in [0.5, 0.6) is 0 Å². The molecule has 0 atom stereocenters. The van der Waals surface area contributed by atoms with E-state index < -0.39 is 5.97 Å². The maximum absolute atomic E-state index is 12.2. The number of carboxylic acids is 1. The summed E-state index contributed by atoms with van der Waals surface area (Å²) in [6.45, 7) is 2.42.